The van der Waals surface area contributed by atoms with Crippen molar-refractivity contribution in [3.63, 3.8) is 0 Å². The maximum atomic E-state index is 5.38. The summed E-state index contributed by atoms with van der Waals surface area (Å²) in [6, 6.07) is 0.123. The molecule has 12 heavy (non-hydrogen) atoms. The molecule has 0 aliphatic carbocycles. The van der Waals surface area contributed by atoms with E-state index >= 15 is 0 Å². The van der Waals surface area contributed by atoms with Crippen molar-refractivity contribution in [3.8, 4) is 11.8 Å². The van der Waals surface area contributed by atoms with Gasteiger partial charge in [0.05, 0.1) is 12.1 Å². The van der Waals surface area contributed by atoms with E-state index in [1.165, 1.54) is 0 Å². The topological polar surface area (TPSA) is 47.3 Å². The number of hydrogen-bond donors (Lipinski definition) is 2. The van der Waals surface area contributed by atoms with Crippen LogP contribution in [0.25, 0.3) is 0 Å². The third kappa shape index (κ3) is 4.35. The fraction of sp³-hybridized carbons (Fsp3) is 0.778. The highest BCUT2D eigenvalue weighted by Gasteiger charge is 2.13. The zero-order chi connectivity index (χ0) is 9.40. The normalized spacial score (nSPS) is 14.7. The van der Waals surface area contributed by atoms with Gasteiger partial charge in [-0.15, -0.1) is 11.8 Å². The van der Waals surface area contributed by atoms with Crippen LogP contribution in [0.2, 0.25) is 0 Å². The minimum atomic E-state index is 0.112. The van der Waals surface area contributed by atoms with Gasteiger partial charge >= 0.3 is 0 Å². The van der Waals surface area contributed by atoms with Gasteiger partial charge in [0.15, 0.2) is 0 Å². The van der Waals surface area contributed by atoms with E-state index in [2.05, 4.69) is 17.3 Å². The zero-order valence-electron chi connectivity index (χ0n) is 8.05. The van der Waals surface area contributed by atoms with Gasteiger partial charge in [-0.05, 0) is 20.8 Å². The largest absolute Gasteiger partial charge is 0.377 e. The van der Waals surface area contributed by atoms with E-state index in [1.54, 1.807) is 0 Å². The Labute approximate surface area is 74.6 Å². The SMILES string of the molecule is CC#CCC(NN)C(C)OCC. The minimum Gasteiger partial charge on any atom is -0.377 e. The molecule has 0 spiro atoms. The molecule has 2 unspecified atom stereocenters. The summed E-state index contributed by atoms with van der Waals surface area (Å²) >= 11 is 0. The van der Waals surface area contributed by atoms with Crippen LogP contribution < -0.4 is 11.3 Å². The van der Waals surface area contributed by atoms with E-state index in [-0.39, 0.29) is 12.1 Å². The summed E-state index contributed by atoms with van der Waals surface area (Å²) in [6.45, 7) is 6.48. The highest BCUT2D eigenvalue weighted by molar-refractivity contribution is 4.98. The average Bonchev–Trinajstić information content (AvgIpc) is 2.06. The first-order valence-electron chi connectivity index (χ1n) is 4.23. The number of rotatable bonds is 5. The van der Waals surface area contributed by atoms with Crippen molar-refractivity contribution in [1.29, 1.82) is 0 Å². The number of ether oxygens (including phenoxy) is 1. The smallest absolute Gasteiger partial charge is 0.0722 e. The third-order valence-corrected chi connectivity index (χ3v) is 1.71. The summed E-state index contributed by atoms with van der Waals surface area (Å²) in [6.07, 6.45) is 0.842. The quantitative estimate of drug-likeness (QED) is 0.362. The van der Waals surface area contributed by atoms with Crippen molar-refractivity contribution < 1.29 is 4.74 Å². The first-order chi connectivity index (χ1) is 5.76. The maximum absolute atomic E-state index is 5.38. The van der Waals surface area contributed by atoms with Crippen LogP contribution in [0.5, 0.6) is 0 Å². The predicted octanol–water partition coefficient (Wildman–Crippen LogP) is 0.657. The van der Waals surface area contributed by atoms with Gasteiger partial charge in [0.1, 0.15) is 0 Å². The van der Waals surface area contributed by atoms with Crippen LogP contribution in [-0.4, -0.2) is 18.8 Å². The van der Waals surface area contributed by atoms with Crippen LogP contribution in [0, 0.1) is 11.8 Å². The van der Waals surface area contributed by atoms with Crippen LogP contribution in [-0.2, 0) is 4.74 Å². The number of nitrogens with one attached hydrogen (secondary N) is 1. The standard InChI is InChI=1S/C9H18N2O/c1-4-6-7-9(11-10)8(3)12-5-2/h8-9,11H,5,7,10H2,1-3H3. The van der Waals surface area contributed by atoms with E-state index in [0.29, 0.717) is 6.61 Å². The summed E-state index contributed by atoms with van der Waals surface area (Å²) < 4.78 is 5.38. The first-order valence-corrected chi connectivity index (χ1v) is 4.23. The Kier molecular flexibility index (Phi) is 6.78. The molecule has 3 N–H and O–H groups in total. The lowest BCUT2D eigenvalue weighted by molar-refractivity contribution is 0.0489. The summed E-state index contributed by atoms with van der Waals surface area (Å²) in [5.74, 6) is 11.1. The molecule has 0 saturated carbocycles. The fourth-order valence-corrected chi connectivity index (χ4v) is 0.951. The highest BCUT2D eigenvalue weighted by Crippen LogP contribution is 2.01. The fourth-order valence-electron chi connectivity index (χ4n) is 0.951. The molecular formula is C9H18N2O. The van der Waals surface area contributed by atoms with Gasteiger partial charge in [-0.3, -0.25) is 11.3 Å². The Balaban J connectivity index is 3.83. The van der Waals surface area contributed by atoms with Crippen LogP contribution in [0.1, 0.15) is 27.2 Å². The van der Waals surface area contributed by atoms with E-state index in [0.717, 1.165) is 6.42 Å². The first kappa shape index (κ1) is 11.4. The van der Waals surface area contributed by atoms with Crippen molar-refractivity contribution in [1.82, 2.24) is 5.43 Å². The Morgan fingerprint density at radius 1 is 1.58 bits per heavy atom. The van der Waals surface area contributed by atoms with Gasteiger partial charge in [-0.1, -0.05) is 0 Å². The van der Waals surface area contributed by atoms with Gasteiger partial charge in [-0.25, -0.2) is 0 Å². The monoisotopic (exact) mass is 170 g/mol. The number of nitrogens with two attached hydrogens (primary N) is 1. The Hall–Kier alpha value is -0.560. The lowest BCUT2D eigenvalue weighted by Crippen LogP contribution is -2.43. The van der Waals surface area contributed by atoms with Crippen molar-refractivity contribution in [2.75, 3.05) is 6.61 Å². The van der Waals surface area contributed by atoms with Gasteiger partial charge in [0.2, 0.25) is 0 Å². The van der Waals surface area contributed by atoms with Crippen LogP contribution in [0.15, 0.2) is 0 Å². The van der Waals surface area contributed by atoms with E-state index < -0.39 is 0 Å². The lowest BCUT2D eigenvalue weighted by Gasteiger charge is -2.20. The lowest BCUT2D eigenvalue weighted by atomic mass is 10.1. The zero-order valence-corrected chi connectivity index (χ0v) is 8.05. The van der Waals surface area contributed by atoms with Gasteiger partial charge < -0.3 is 4.74 Å². The minimum absolute atomic E-state index is 0.112. The Morgan fingerprint density at radius 2 is 2.25 bits per heavy atom. The van der Waals surface area contributed by atoms with E-state index in [1.807, 2.05) is 20.8 Å². The highest BCUT2D eigenvalue weighted by atomic mass is 16.5. The van der Waals surface area contributed by atoms with E-state index in [9.17, 15) is 0 Å². The summed E-state index contributed by atoms with van der Waals surface area (Å²) in [7, 11) is 0. The van der Waals surface area contributed by atoms with Crippen LogP contribution >= 0.6 is 0 Å². The number of hydrogen-bond acceptors (Lipinski definition) is 3. The molecule has 0 aromatic rings. The van der Waals surface area contributed by atoms with Crippen molar-refractivity contribution in [2.45, 2.75) is 39.3 Å². The van der Waals surface area contributed by atoms with Gasteiger partial charge in [0, 0.05) is 13.0 Å². The van der Waals surface area contributed by atoms with Crippen LogP contribution in [0.4, 0.5) is 0 Å². The Bertz CT molecular complexity index is 160. The molecule has 0 radical (unpaired) electrons. The van der Waals surface area contributed by atoms with E-state index in [4.69, 9.17) is 10.6 Å². The molecule has 0 heterocycles. The molecule has 3 nitrogen and oxygen atoms in total. The Morgan fingerprint density at radius 3 is 2.67 bits per heavy atom. The molecule has 0 saturated heterocycles. The molecule has 0 aliphatic rings. The molecular weight excluding hydrogens is 152 g/mol. The van der Waals surface area contributed by atoms with Crippen LogP contribution in [0.3, 0.4) is 0 Å². The second-order valence-electron chi connectivity index (χ2n) is 2.56. The predicted molar refractivity (Wildman–Crippen MR) is 50.3 cm³/mol. The van der Waals surface area contributed by atoms with Crippen molar-refractivity contribution >= 4 is 0 Å². The molecule has 3 heteroatoms. The molecule has 2 atom stereocenters. The summed E-state index contributed by atoms with van der Waals surface area (Å²) in [5.41, 5.74) is 2.69. The molecule has 0 fully saturated rings. The van der Waals surface area contributed by atoms with Gasteiger partial charge in [0.25, 0.3) is 0 Å². The average molecular weight is 170 g/mol. The molecule has 0 aromatic heterocycles. The number of hydrazine groups is 1. The second-order valence-corrected chi connectivity index (χ2v) is 2.56. The molecule has 0 aromatic carbocycles. The van der Waals surface area contributed by atoms with Crippen molar-refractivity contribution in [3.05, 3.63) is 0 Å². The van der Waals surface area contributed by atoms with Gasteiger partial charge in [-0.2, -0.15) is 0 Å². The molecule has 0 bridgehead atoms. The summed E-state index contributed by atoms with van der Waals surface area (Å²) in [4.78, 5) is 0. The molecule has 70 valence electrons. The molecule has 0 aliphatic heterocycles. The van der Waals surface area contributed by atoms with Crippen molar-refractivity contribution in [2.24, 2.45) is 5.84 Å². The summed E-state index contributed by atoms with van der Waals surface area (Å²) in [5, 5.41) is 0. The second kappa shape index (κ2) is 7.11. The molecule has 0 rings (SSSR count). The molecule has 0 amide bonds. The third-order valence-electron chi connectivity index (χ3n) is 1.71. The maximum Gasteiger partial charge on any atom is 0.0722 e.